The molecule has 6 nitrogen and oxygen atoms in total. The van der Waals surface area contributed by atoms with Crippen molar-refractivity contribution in [1.82, 2.24) is 19.7 Å². The number of thioether (sulfide) groups is 1. The predicted octanol–water partition coefficient (Wildman–Crippen LogP) is 3.90. The van der Waals surface area contributed by atoms with E-state index in [-0.39, 0.29) is 11.8 Å². The highest BCUT2D eigenvalue weighted by molar-refractivity contribution is 7.99. The molecule has 2 amide bonds. The predicted molar refractivity (Wildman–Crippen MR) is 109 cm³/mol. The van der Waals surface area contributed by atoms with Crippen LogP contribution in [0.25, 0.3) is 0 Å². The second kappa shape index (κ2) is 8.31. The van der Waals surface area contributed by atoms with Gasteiger partial charge in [0, 0.05) is 24.8 Å². The van der Waals surface area contributed by atoms with Crippen LogP contribution in [0, 0.1) is 0 Å². The van der Waals surface area contributed by atoms with Gasteiger partial charge in [0.25, 0.3) is 11.8 Å². The quantitative estimate of drug-likeness (QED) is 0.403. The molecule has 2 aliphatic rings. The first-order valence-electron chi connectivity index (χ1n) is 9.82. The fourth-order valence-electron chi connectivity index (χ4n) is 4.04. The molecule has 1 aliphatic carbocycles. The van der Waals surface area contributed by atoms with E-state index in [4.69, 9.17) is 0 Å². The Morgan fingerprint density at radius 2 is 1.75 bits per heavy atom. The summed E-state index contributed by atoms with van der Waals surface area (Å²) in [4.78, 5) is 26.3. The van der Waals surface area contributed by atoms with Gasteiger partial charge in [0.05, 0.1) is 11.1 Å². The van der Waals surface area contributed by atoms with Crippen molar-refractivity contribution in [3.63, 3.8) is 0 Å². The lowest BCUT2D eigenvalue weighted by Gasteiger charge is -2.21. The number of carbonyl (C=O) groups is 2. The standard InChI is InChI=1S/C21H24N4O2S/c1-2-12-24-18(15-8-4-3-5-9-15)22-23-21(24)28-14-13-25-19(26)16-10-6-7-11-17(16)20(25)27/h2,6-7,10-11,15H,1,3-5,8-9,12-14H2. The lowest BCUT2D eigenvalue weighted by Crippen LogP contribution is -2.31. The van der Waals surface area contributed by atoms with Crippen LogP contribution in [0.15, 0.2) is 42.1 Å². The minimum Gasteiger partial charge on any atom is -0.302 e. The van der Waals surface area contributed by atoms with E-state index in [0.29, 0.717) is 35.9 Å². The molecule has 1 saturated carbocycles. The van der Waals surface area contributed by atoms with E-state index < -0.39 is 0 Å². The lowest BCUT2D eigenvalue weighted by molar-refractivity contribution is 0.0664. The van der Waals surface area contributed by atoms with Crippen molar-refractivity contribution in [2.24, 2.45) is 0 Å². The minimum absolute atomic E-state index is 0.211. The van der Waals surface area contributed by atoms with Gasteiger partial charge in [-0.15, -0.1) is 16.8 Å². The van der Waals surface area contributed by atoms with Crippen molar-refractivity contribution in [2.75, 3.05) is 12.3 Å². The highest BCUT2D eigenvalue weighted by atomic mass is 32.2. The van der Waals surface area contributed by atoms with Crippen molar-refractivity contribution < 1.29 is 9.59 Å². The zero-order valence-corrected chi connectivity index (χ0v) is 16.7. The van der Waals surface area contributed by atoms with Gasteiger partial charge in [0.15, 0.2) is 5.16 Å². The largest absolute Gasteiger partial charge is 0.302 e. The molecule has 4 rings (SSSR count). The smallest absolute Gasteiger partial charge is 0.261 e. The Bertz CT molecular complexity index is 867. The summed E-state index contributed by atoms with van der Waals surface area (Å²) < 4.78 is 2.13. The Balaban J connectivity index is 1.43. The summed E-state index contributed by atoms with van der Waals surface area (Å²) in [5, 5.41) is 9.69. The summed E-state index contributed by atoms with van der Waals surface area (Å²) in [7, 11) is 0. The number of allylic oxidation sites excluding steroid dienone is 1. The molecule has 0 bridgehead atoms. The Hall–Kier alpha value is -2.41. The van der Waals surface area contributed by atoms with E-state index in [9.17, 15) is 9.59 Å². The second-order valence-electron chi connectivity index (χ2n) is 7.23. The maximum atomic E-state index is 12.5. The first-order chi connectivity index (χ1) is 13.7. The van der Waals surface area contributed by atoms with Crippen LogP contribution >= 0.6 is 11.8 Å². The van der Waals surface area contributed by atoms with Gasteiger partial charge in [-0.3, -0.25) is 14.5 Å². The Labute approximate surface area is 169 Å². The molecule has 0 radical (unpaired) electrons. The summed E-state index contributed by atoms with van der Waals surface area (Å²) in [5.41, 5.74) is 0.985. The maximum absolute atomic E-state index is 12.5. The number of aromatic nitrogens is 3. The molecular weight excluding hydrogens is 372 g/mol. The average Bonchev–Trinajstić information content (AvgIpc) is 3.23. The molecule has 2 heterocycles. The third-order valence-corrected chi connectivity index (χ3v) is 6.40. The number of benzene rings is 1. The van der Waals surface area contributed by atoms with Crippen LogP contribution in [0.5, 0.6) is 0 Å². The Morgan fingerprint density at radius 3 is 2.39 bits per heavy atom. The third kappa shape index (κ3) is 3.51. The van der Waals surface area contributed by atoms with Crippen LogP contribution in [0.4, 0.5) is 0 Å². The molecule has 1 aromatic carbocycles. The monoisotopic (exact) mass is 396 g/mol. The number of carbonyl (C=O) groups excluding carboxylic acids is 2. The number of amides is 2. The summed E-state index contributed by atoms with van der Waals surface area (Å²) in [6.07, 6.45) is 7.98. The fraction of sp³-hybridized carbons (Fsp3) is 0.429. The van der Waals surface area contributed by atoms with Crippen LogP contribution < -0.4 is 0 Å². The van der Waals surface area contributed by atoms with Gasteiger partial charge in [-0.1, -0.05) is 49.2 Å². The molecule has 0 saturated heterocycles. The van der Waals surface area contributed by atoms with E-state index in [1.54, 1.807) is 24.3 Å². The van der Waals surface area contributed by atoms with Gasteiger partial charge < -0.3 is 4.57 Å². The van der Waals surface area contributed by atoms with Crippen LogP contribution in [0.3, 0.4) is 0 Å². The average molecular weight is 397 g/mol. The molecule has 1 aliphatic heterocycles. The number of hydrogen-bond donors (Lipinski definition) is 0. The maximum Gasteiger partial charge on any atom is 0.261 e. The molecule has 7 heteroatoms. The number of hydrogen-bond acceptors (Lipinski definition) is 5. The van der Waals surface area contributed by atoms with Crippen LogP contribution in [0.2, 0.25) is 0 Å². The normalized spacial score (nSPS) is 17.2. The van der Waals surface area contributed by atoms with E-state index in [0.717, 1.165) is 23.8 Å². The number of imide groups is 1. The summed E-state index contributed by atoms with van der Waals surface area (Å²) >= 11 is 1.54. The van der Waals surface area contributed by atoms with E-state index in [2.05, 4.69) is 21.3 Å². The highest BCUT2D eigenvalue weighted by Gasteiger charge is 2.34. The minimum atomic E-state index is -0.211. The number of fused-ring (bicyclic) bond motifs is 1. The molecule has 0 unspecified atom stereocenters. The fourth-order valence-corrected chi connectivity index (χ4v) is 4.92. The van der Waals surface area contributed by atoms with Crippen molar-refractivity contribution in [3.8, 4) is 0 Å². The highest BCUT2D eigenvalue weighted by Crippen LogP contribution is 2.33. The zero-order valence-electron chi connectivity index (χ0n) is 15.8. The third-order valence-electron chi connectivity index (χ3n) is 5.45. The SMILES string of the molecule is C=CCn1c(SCCN2C(=O)c3ccccc3C2=O)nnc1C1CCCCC1. The summed E-state index contributed by atoms with van der Waals surface area (Å²) in [6.45, 7) is 4.90. The van der Waals surface area contributed by atoms with Crippen molar-refractivity contribution in [1.29, 1.82) is 0 Å². The Kier molecular flexibility index (Phi) is 5.62. The van der Waals surface area contributed by atoms with Crippen LogP contribution in [-0.4, -0.2) is 43.8 Å². The molecule has 2 aromatic rings. The van der Waals surface area contributed by atoms with E-state index in [1.165, 1.54) is 35.9 Å². The summed E-state index contributed by atoms with van der Waals surface area (Å²) in [6, 6.07) is 6.99. The molecule has 1 aromatic heterocycles. The van der Waals surface area contributed by atoms with Gasteiger partial charge >= 0.3 is 0 Å². The van der Waals surface area contributed by atoms with Gasteiger partial charge in [-0.2, -0.15) is 0 Å². The van der Waals surface area contributed by atoms with Crippen LogP contribution in [0.1, 0.15) is 64.6 Å². The molecule has 0 spiro atoms. The lowest BCUT2D eigenvalue weighted by atomic mass is 9.89. The van der Waals surface area contributed by atoms with E-state index in [1.807, 2.05) is 6.08 Å². The van der Waals surface area contributed by atoms with Crippen molar-refractivity contribution in [3.05, 3.63) is 53.9 Å². The summed E-state index contributed by atoms with van der Waals surface area (Å²) in [5.74, 6) is 1.67. The number of rotatable bonds is 7. The molecule has 28 heavy (non-hydrogen) atoms. The van der Waals surface area contributed by atoms with E-state index >= 15 is 0 Å². The molecule has 0 N–H and O–H groups in total. The molecule has 0 atom stereocenters. The molecule has 1 fully saturated rings. The first kappa shape index (κ1) is 18.9. The molecular formula is C21H24N4O2S. The topological polar surface area (TPSA) is 68.1 Å². The van der Waals surface area contributed by atoms with Gasteiger partial charge in [-0.05, 0) is 25.0 Å². The number of nitrogens with zero attached hydrogens (tertiary/aromatic N) is 4. The second-order valence-corrected chi connectivity index (χ2v) is 8.29. The van der Waals surface area contributed by atoms with Gasteiger partial charge in [-0.25, -0.2) is 0 Å². The van der Waals surface area contributed by atoms with Gasteiger partial charge in [0.2, 0.25) is 0 Å². The zero-order chi connectivity index (χ0) is 19.5. The Morgan fingerprint density at radius 1 is 1.07 bits per heavy atom. The molecule has 146 valence electrons. The van der Waals surface area contributed by atoms with Crippen molar-refractivity contribution in [2.45, 2.75) is 49.7 Å². The first-order valence-corrected chi connectivity index (χ1v) is 10.8. The van der Waals surface area contributed by atoms with Gasteiger partial charge in [0.1, 0.15) is 5.82 Å². The van der Waals surface area contributed by atoms with Crippen LogP contribution in [-0.2, 0) is 6.54 Å². The van der Waals surface area contributed by atoms with Crippen molar-refractivity contribution >= 4 is 23.6 Å².